The Morgan fingerprint density at radius 3 is 2.55 bits per heavy atom. The minimum atomic E-state index is -0.426. The first-order valence-corrected chi connectivity index (χ1v) is 10.8. The van der Waals surface area contributed by atoms with Gasteiger partial charge in [0.1, 0.15) is 0 Å². The number of ether oxygens (including phenoxy) is 1. The molecule has 7 nitrogen and oxygen atoms in total. The molecule has 166 valence electrons. The van der Waals surface area contributed by atoms with E-state index >= 15 is 0 Å². The molecular weight excluding hydrogens is 392 g/mol. The molecule has 7 heteroatoms. The van der Waals surface area contributed by atoms with Crippen molar-refractivity contribution in [2.45, 2.75) is 32.9 Å². The highest BCUT2D eigenvalue weighted by Crippen LogP contribution is 2.30. The highest BCUT2D eigenvalue weighted by molar-refractivity contribution is 5.97. The molecule has 1 aliphatic heterocycles. The number of hydrogen-bond donors (Lipinski definition) is 2. The summed E-state index contributed by atoms with van der Waals surface area (Å²) in [5, 5.41) is 5.85. The third kappa shape index (κ3) is 6.21. The van der Waals surface area contributed by atoms with E-state index in [1.54, 1.807) is 12.1 Å². The third-order valence-corrected chi connectivity index (χ3v) is 5.55. The summed E-state index contributed by atoms with van der Waals surface area (Å²) in [6.45, 7) is 6.28. The summed E-state index contributed by atoms with van der Waals surface area (Å²) in [7, 11) is 3.43. The Kier molecular flexibility index (Phi) is 7.89. The topological polar surface area (TPSA) is 73.9 Å². The molecule has 0 bridgehead atoms. The molecule has 2 aromatic rings. The number of carbonyl (C=O) groups excluding carboxylic acids is 2. The number of benzene rings is 2. The summed E-state index contributed by atoms with van der Waals surface area (Å²) in [4.78, 5) is 29.1. The number of hydrogen-bond acceptors (Lipinski definition) is 5. The quantitative estimate of drug-likeness (QED) is 0.630. The standard InChI is InChI=1S/C24H32N4O3/c1-4-27(2)17-19-9-7-8-18(14-19)16-25-24(30)26-21-15-20(23(29)31-3)10-11-22(21)28-12-5-6-13-28/h7-11,14-15H,4-6,12-13,16-17H2,1-3H3,(H2,25,26,30). The van der Waals surface area contributed by atoms with Gasteiger partial charge < -0.3 is 25.2 Å². The molecule has 2 N–H and O–H groups in total. The van der Waals surface area contributed by atoms with E-state index in [0.717, 1.165) is 50.3 Å². The normalized spacial score (nSPS) is 13.4. The highest BCUT2D eigenvalue weighted by Gasteiger charge is 2.19. The Bertz CT molecular complexity index is 909. The van der Waals surface area contributed by atoms with E-state index in [4.69, 9.17) is 4.74 Å². The molecule has 0 spiro atoms. The van der Waals surface area contributed by atoms with Crippen molar-refractivity contribution < 1.29 is 14.3 Å². The fourth-order valence-corrected chi connectivity index (χ4v) is 3.73. The smallest absolute Gasteiger partial charge is 0.337 e. The first kappa shape index (κ1) is 22.6. The lowest BCUT2D eigenvalue weighted by Gasteiger charge is -2.22. The van der Waals surface area contributed by atoms with Gasteiger partial charge in [0, 0.05) is 26.2 Å². The van der Waals surface area contributed by atoms with Gasteiger partial charge in [0.05, 0.1) is 24.0 Å². The third-order valence-electron chi connectivity index (χ3n) is 5.55. The van der Waals surface area contributed by atoms with Gasteiger partial charge in [-0.25, -0.2) is 9.59 Å². The molecule has 1 fully saturated rings. The number of anilines is 2. The van der Waals surface area contributed by atoms with Gasteiger partial charge in [-0.15, -0.1) is 0 Å². The van der Waals surface area contributed by atoms with Crippen molar-refractivity contribution in [3.8, 4) is 0 Å². The average molecular weight is 425 g/mol. The molecule has 0 atom stereocenters. The lowest BCUT2D eigenvalue weighted by molar-refractivity contribution is 0.0600. The lowest BCUT2D eigenvalue weighted by atomic mass is 10.1. The Morgan fingerprint density at radius 2 is 1.84 bits per heavy atom. The molecule has 1 heterocycles. The minimum absolute atomic E-state index is 0.307. The average Bonchev–Trinajstić information content (AvgIpc) is 3.32. The van der Waals surface area contributed by atoms with E-state index in [1.807, 2.05) is 18.2 Å². The Balaban J connectivity index is 1.68. The number of carbonyl (C=O) groups is 2. The maximum atomic E-state index is 12.6. The molecular formula is C24H32N4O3. The minimum Gasteiger partial charge on any atom is -0.465 e. The van der Waals surface area contributed by atoms with Crippen molar-refractivity contribution in [2.75, 3.05) is 44.0 Å². The van der Waals surface area contributed by atoms with Crippen molar-refractivity contribution in [3.63, 3.8) is 0 Å². The van der Waals surface area contributed by atoms with Crippen LogP contribution in [-0.2, 0) is 17.8 Å². The lowest BCUT2D eigenvalue weighted by Crippen LogP contribution is -2.29. The van der Waals surface area contributed by atoms with Crippen molar-refractivity contribution in [1.29, 1.82) is 0 Å². The van der Waals surface area contributed by atoms with Crippen LogP contribution in [0.25, 0.3) is 0 Å². The largest absolute Gasteiger partial charge is 0.465 e. The summed E-state index contributed by atoms with van der Waals surface area (Å²) in [5.74, 6) is -0.426. The molecule has 1 aliphatic rings. The molecule has 2 aromatic carbocycles. The predicted octanol–water partition coefficient (Wildman–Crippen LogP) is 3.85. The van der Waals surface area contributed by atoms with E-state index in [9.17, 15) is 9.59 Å². The summed E-state index contributed by atoms with van der Waals surface area (Å²) in [6, 6.07) is 13.2. The Labute approximate surface area is 184 Å². The van der Waals surface area contributed by atoms with Crippen LogP contribution in [0, 0.1) is 0 Å². The van der Waals surface area contributed by atoms with Gasteiger partial charge in [0.15, 0.2) is 0 Å². The maximum Gasteiger partial charge on any atom is 0.337 e. The van der Waals surface area contributed by atoms with E-state index < -0.39 is 5.97 Å². The van der Waals surface area contributed by atoms with Crippen molar-refractivity contribution in [2.24, 2.45) is 0 Å². The molecule has 3 rings (SSSR count). The number of urea groups is 1. The second-order valence-electron chi connectivity index (χ2n) is 7.88. The number of nitrogens with one attached hydrogen (secondary N) is 2. The summed E-state index contributed by atoms with van der Waals surface area (Å²) in [5.41, 5.74) is 4.20. The van der Waals surface area contributed by atoms with Gasteiger partial charge >= 0.3 is 12.0 Å². The Hall–Kier alpha value is -3.06. The number of rotatable bonds is 8. The maximum absolute atomic E-state index is 12.6. The van der Waals surface area contributed by atoms with E-state index in [1.165, 1.54) is 12.7 Å². The SMILES string of the molecule is CCN(C)Cc1cccc(CNC(=O)Nc2cc(C(=O)OC)ccc2N2CCCC2)c1. The van der Waals surface area contributed by atoms with Gasteiger partial charge in [-0.2, -0.15) is 0 Å². The van der Waals surface area contributed by atoms with Crippen LogP contribution < -0.4 is 15.5 Å². The van der Waals surface area contributed by atoms with Gasteiger partial charge in [-0.3, -0.25) is 0 Å². The van der Waals surface area contributed by atoms with Crippen LogP contribution in [0.1, 0.15) is 41.3 Å². The molecule has 31 heavy (non-hydrogen) atoms. The van der Waals surface area contributed by atoms with Gasteiger partial charge in [0.2, 0.25) is 0 Å². The summed E-state index contributed by atoms with van der Waals surface area (Å²) in [6.07, 6.45) is 2.24. The first-order valence-electron chi connectivity index (χ1n) is 10.8. The van der Waals surface area contributed by atoms with Crippen LogP contribution in [0.3, 0.4) is 0 Å². The van der Waals surface area contributed by atoms with E-state index in [0.29, 0.717) is 17.8 Å². The molecule has 0 aromatic heterocycles. The molecule has 0 radical (unpaired) electrons. The molecule has 0 unspecified atom stereocenters. The number of nitrogens with zero attached hydrogens (tertiary/aromatic N) is 2. The summed E-state index contributed by atoms with van der Waals surface area (Å²) >= 11 is 0. The van der Waals surface area contributed by atoms with Crippen LogP contribution >= 0.6 is 0 Å². The number of amides is 2. The van der Waals surface area contributed by atoms with E-state index in [-0.39, 0.29) is 6.03 Å². The van der Waals surface area contributed by atoms with Gasteiger partial charge in [-0.05, 0) is 55.8 Å². The molecule has 2 amide bonds. The number of esters is 1. The fraction of sp³-hybridized carbons (Fsp3) is 0.417. The monoisotopic (exact) mass is 424 g/mol. The van der Waals surface area contributed by atoms with Crippen LogP contribution in [0.4, 0.5) is 16.2 Å². The summed E-state index contributed by atoms with van der Waals surface area (Å²) < 4.78 is 4.83. The van der Waals surface area contributed by atoms with Crippen molar-refractivity contribution in [3.05, 3.63) is 59.2 Å². The fourth-order valence-electron chi connectivity index (χ4n) is 3.73. The Morgan fingerprint density at radius 1 is 1.10 bits per heavy atom. The van der Waals surface area contributed by atoms with Crippen LogP contribution in [0.2, 0.25) is 0 Å². The van der Waals surface area contributed by atoms with Crippen molar-refractivity contribution in [1.82, 2.24) is 10.2 Å². The number of methoxy groups -OCH3 is 1. The van der Waals surface area contributed by atoms with Crippen LogP contribution in [-0.4, -0.2) is 50.7 Å². The van der Waals surface area contributed by atoms with E-state index in [2.05, 4.69) is 46.5 Å². The second-order valence-corrected chi connectivity index (χ2v) is 7.88. The van der Waals surface area contributed by atoms with Crippen LogP contribution in [0.15, 0.2) is 42.5 Å². The van der Waals surface area contributed by atoms with Gasteiger partial charge in [0.25, 0.3) is 0 Å². The molecule has 0 saturated carbocycles. The van der Waals surface area contributed by atoms with Gasteiger partial charge in [-0.1, -0.05) is 31.2 Å². The zero-order valence-electron chi connectivity index (χ0n) is 18.6. The highest BCUT2D eigenvalue weighted by atomic mass is 16.5. The zero-order valence-corrected chi connectivity index (χ0v) is 18.6. The zero-order chi connectivity index (χ0) is 22.2. The predicted molar refractivity (Wildman–Crippen MR) is 124 cm³/mol. The molecule has 1 saturated heterocycles. The van der Waals surface area contributed by atoms with Crippen LogP contribution in [0.5, 0.6) is 0 Å². The molecule has 0 aliphatic carbocycles. The van der Waals surface area contributed by atoms with Crippen molar-refractivity contribution >= 4 is 23.4 Å². The second kappa shape index (κ2) is 10.8. The first-order chi connectivity index (χ1) is 15.0.